The van der Waals surface area contributed by atoms with Crippen molar-refractivity contribution in [1.82, 2.24) is 15.2 Å². The maximum absolute atomic E-state index is 12.6. The summed E-state index contributed by atoms with van der Waals surface area (Å²) in [6.07, 6.45) is 5.48. The minimum Gasteiger partial charge on any atom is -0.388 e. The quantitative estimate of drug-likeness (QED) is 0.172. The minimum atomic E-state index is -1.10. The van der Waals surface area contributed by atoms with Crippen LogP contribution in [0.1, 0.15) is 46.8 Å². The zero-order valence-electron chi connectivity index (χ0n) is 21.4. The number of Topliss-reactive ketones (excluding diaryl/α,β-unsaturated/α-hetero) is 1. The number of aryl methyl sites for hydroxylation is 1. The normalized spacial score (nSPS) is 11.6. The van der Waals surface area contributed by atoms with Crippen LogP contribution in [0.4, 0.5) is 5.69 Å². The fourth-order valence-corrected chi connectivity index (χ4v) is 3.66. The molecule has 1 unspecified atom stereocenters. The highest BCUT2D eigenvalue weighted by molar-refractivity contribution is 5.98. The molecule has 39 heavy (non-hydrogen) atoms. The van der Waals surface area contributed by atoms with Crippen molar-refractivity contribution in [3.05, 3.63) is 95.3 Å². The van der Waals surface area contributed by atoms with Crippen LogP contribution in [0.25, 0.3) is 0 Å². The van der Waals surface area contributed by atoms with E-state index in [1.807, 2.05) is 24.3 Å². The molecule has 1 aromatic heterocycles. The van der Waals surface area contributed by atoms with Crippen molar-refractivity contribution < 1.29 is 19.5 Å². The third-order valence-corrected chi connectivity index (χ3v) is 5.77. The Balaban J connectivity index is 1.53. The zero-order valence-corrected chi connectivity index (χ0v) is 21.4. The minimum absolute atomic E-state index is 0.0517. The first-order valence-electron chi connectivity index (χ1n) is 12.3. The molecule has 2 amide bonds. The molecule has 198 valence electrons. The van der Waals surface area contributed by atoms with Gasteiger partial charge < -0.3 is 15.7 Å². The van der Waals surface area contributed by atoms with Gasteiger partial charge in [-0.3, -0.25) is 19.4 Å². The molecule has 10 nitrogen and oxygen atoms in total. The number of hydrogen-bond acceptors (Lipinski definition) is 7. The SMILES string of the molecule is CC(N=[N+]=N)[C@H](NC(=O)c1ccc(C#Cc2ccc(NC(=O)CCCc3cccnc3)cc2)cc1)C(=O)CO. The van der Waals surface area contributed by atoms with Gasteiger partial charge in [0.15, 0.2) is 11.8 Å². The Morgan fingerprint density at radius 2 is 1.72 bits per heavy atom. The van der Waals surface area contributed by atoms with Gasteiger partial charge in [0.2, 0.25) is 10.8 Å². The van der Waals surface area contributed by atoms with Gasteiger partial charge in [-0.25, -0.2) is 0 Å². The second kappa shape index (κ2) is 14.7. The molecule has 2 aromatic carbocycles. The Bertz CT molecular complexity index is 1390. The van der Waals surface area contributed by atoms with Crippen LogP contribution in [0.2, 0.25) is 0 Å². The van der Waals surface area contributed by atoms with Crippen LogP contribution < -0.4 is 15.5 Å². The molecule has 0 aliphatic rings. The van der Waals surface area contributed by atoms with Gasteiger partial charge in [0.25, 0.3) is 5.91 Å². The number of carbonyl (C=O) groups excluding carboxylic acids is 3. The van der Waals surface area contributed by atoms with Gasteiger partial charge in [-0.15, -0.1) is 0 Å². The molecule has 2 atom stereocenters. The van der Waals surface area contributed by atoms with Gasteiger partial charge >= 0.3 is 0 Å². The van der Waals surface area contributed by atoms with E-state index in [-0.39, 0.29) is 5.91 Å². The van der Waals surface area contributed by atoms with Crippen molar-refractivity contribution in [1.29, 1.82) is 5.53 Å². The maximum Gasteiger partial charge on any atom is 0.251 e. The molecule has 0 fully saturated rings. The first-order chi connectivity index (χ1) is 18.9. The number of carbonyl (C=O) groups is 3. The number of amides is 2. The van der Waals surface area contributed by atoms with E-state index in [2.05, 4.69) is 37.5 Å². The fraction of sp³-hybridized carbons (Fsp3) is 0.241. The topological polar surface area (TPSA) is 159 Å². The summed E-state index contributed by atoms with van der Waals surface area (Å²) >= 11 is 0. The van der Waals surface area contributed by atoms with E-state index in [0.717, 1.165) is 24.0 Å². The lowest BCUT2D eigenvalue weighted by Crippen LogP contribution is -2.48. The zero-order chi connectivity index (χ0) is 28.0. The summed E-state index contributed by atoms with van der Waals surface area (Å²) in [4.78, 5) is 43.7. The van der Waals surface area contributed by atoms with E-state index in [0.29, 0.717) is 23.2 Å². The van der Waals surface area contributed by atoms with E-state index in [1.165, 1.54) is 6.92 Å². The van der Waals surface area contributed by atoms with Gasteiger partial charge in [0.1, 0.15) is 23.3 Å². The van der Waals surface area contributed by atoms with Gasteiger partial charge in [-0.05, 0) is 79.9 Å². The fourth-order valence-electron chi connectivity index (χ4n) is 3.66. The Morgan fingerprint density at radius 3 is 2.31 bits per heavy atom. The van der Waals surface area contributed by atoms with Gasteiger partial charge in [0.05, 0.1) is 0 Å². The number of hydrogen-bond donors (Lipinski definition) is 4. The van der Waals surface area contributed by atoms with Gasteiger partial charge in [0, 0.05) is 41.2 Å². The number of nitrogens with zero attached hydrogens (tertiary/aromatic N) is 3. The third-order valence-electron chi connectivity index (χ3n) is 5.77. The molecule has 1 heterocycles. The smallest absolute Gasteiger partial charge is 0.251 e. The van der Waals surface area contributed by atoms with E-state index in [4.69, 9.17) is 10.6 Å². The molecule has 0 saturated heterocycles. The number of aliphatic hydroxyl groups is 1. The predicted molar refractivity (Wildman–Crippen MR) is 145 cm³/mol. The highest BCUT2D eigenvalue weighted by Crippen LogP contribution is 2.12. The molecule has 0 saturated carbocycles. The Morgan fingerprint density at radius 1 is 1.05 bits per heavy atom. The summed E-state index contributed by atoms with van der Waals surface area (Å²) < 4.78 is 0. The first kappa shape index (κ1) is 28.6. The maximum atomic E-state index is 12.6. The van der Waals surface area contributed by atoms with Crippen LogP contribution in [0.15, 0.2) is 78.2 Å². The molecule has 4 N–H and O–H groups in total. The van der Waals surface area contributed by atoms with E-state index >= 15 is 0 Å². The second-order valence-corrected chi connectivity index (χ2v) is 8.70. The molecule has 0 spiro atoms. The predicted octanol–water partition coefficient (Wildman–Crippen LogP) is 3.04. The summed E-state index contributed by atoms with van der Waals surface area (Å²) in [5.41, 5.74) is 10.4. The van der Waals surface area contributed by atoms with Crippen LogP contribution >= 0.6 is 0 Å². The number of rotatable bonds is 11. The number of aliphatic hydroxyl groups excluding tert-OH is 1. The number of pyridine rings is 1. The van der Waals surface area contributed by atoms with E-state index in [9.17, 15) is 14.4 Å². The number of ketones is 1. The summed E-state index contributed by atoms with van der Waals surface area (Å²) in [6, 6.07) is 15.7. The molecule has 3 aromatic rings. The largest absolute Gasteiger partial charge is 0.388 e. The molecule has 10 heteroatoms. The summed E-state index contributed by atoms with van der Waals surface area (Å²) in [6.45, 7) is 0.749. The number of nitrogens with one attached hydrogen (secondary N) is 3. The lowest BCUT2D eigenvalue weighted by atomic mass is 10.0. The van der Waals surface area contributed by atoms with Crippen molar-refractivity contribution in [3.8, 4) is 11.8 Å². The monoisotopic (exact) mass is 525 g/mol. The summed E-state index contributed by atoms with van der Waals surface area (Å²) in [5.74, 6) is 4.86. The molecular weight excluding hydrogens is 496 g/mol. The molecule has 0 aliphatic heterocycles. The third kappa shape index (κ3) is 9.13. The summed E-state index contributed by atoms with van der Waals surface area (Å²) in [5, 5.41) is 18.1. The Hall–Kier alpha value is -4.97. The number of anilines is 1. The van der Waals surface area contributed by atoms with Gasteiger partial charge in [-0.2, -0.15) is 0 Å². The van der Waals surface area contributed by atoms with Crippen molar-refractivity contribution in [2.45, 2.75) is 38.3 Å². The highest BCUT2D eigenvalue weighted by atomic mass is 16.3. The van der Waals surface area contributed by atoms with Crippen molar-refractivity contribution >= 4 is 23.3 Å². The standard InChI is InChI=1S/C29H28N6O4/c1-20(34-35-30)28(26(37)19-36)33-29(39)24-13-9-21(10-14-24)7-8-22-11-15-25(16-12-22)32-27(38)6-2-4-23-5-3-17-31-18-23/h3,5,9-18,20,28,30,36H,2,4,6,19H2,1H3,(H-,32,33,38,39)/p+1/t20?,28-/m0/s1. The number of benzene rings is 2. The molecule has 0 bridgehead atoms. The van der Waals surface area contributed by atoms with Crippen LogP contribution in [-0.2, 0) is 16.0 Å². The first-order valence-corrected chi connectivity index (χ1v) is 12.3. The van der Waals surface area contributed by atoms with Gasteiger partial charge in [-0.1, -0.05) is 17.9 Å². The van der Waals surface area contributed by atoms with Crippen LogP contribution in [0.3, 0.4) is 0 Å². The van der Waals surface area contributed by atoms with Crippen molar-refractivity contribution in [2.75, 3.05) is 11.9 Å². The second-order valence-electron chi connectivity index (χ2n) is 8.70. The average molecular weight is 526 g/mol. The van der Waals surface area contributed by atoms with E-state index in [1.54, 1.807) is 48.8 Å². The van der Waals surface area contributed by atoms with Crippen LogP contribution in [0, 0.1) is 17.4 Å². The van der Waals surface area contributed by atoms with E-state index < -0.39 is 30.4 Å². The van der Waals surface area contributed by atoms with Crippen LogP contribution in [-0.4, -0.2) is 46.4 Å². The Labute approximate surface area is 226 Å². The van der Waals surface area contributed by atoms with Crippen molar-refractivity contribution in [2.24, 2.45) is 5.11 Å². The lowest BCUT2D eigenvalue weighted by molar-refractivity contribution is -0.124. The van der Waals surface area contributed by atoms with Crippen molar-refractivity contribution in [3.63, 3.8) is 0 Å². The molecule has 0 aliphatic carbocycles. The highest BCUT2D eigenvalue weighted by Gasteiger charge is 2.29. The summed E-state index contributed by atoms with van der Waals surface area (Å²) in [7, 11) is 0. The molecular formula is C29H29N6O4+. The van der Waals surface area contributed by atoms with Crippen LogP contribution in [0.5, 0.6) is 0 Å². The molecule has 0 radical (unpaired) electrons. The average Bonchev–Trinajstić information content (AvgIpc) is 2.96. The lowest BCUT2D eigenvalue weighted by Gasteiger charge is -2.17. The number of aromatic nitrogens is 1. The molecule has 3 rings (SSSR count). The Kier molecular flexibility index (Phi) is 10.8.